The van der Waals surface area contributed by atoms with Gasteiger partial charge in [-0.15, -0.1) is 0 Å². The fourth-order valence-electron chi connectivity index (χ4n) is 3.47. The predicted molar refractivity (Wildman–Crippen MR) is 125 cm³/mol. The molecule has 1 aliphatic rings. The number of para-hydroxylation sites is 1. The summed E-state index contributed by atoms with van der Waals surface area (Å²) in [7, 11) is 1.49. The standard InChI is InChI=1S/C24H23N5O4/c1-17-11-12-19(14-25-17)26-23(30)18-7-6-10-21(13-18)27-15-22(16-28(27)33-2)29(24(31)32)20-8-4-3-5-9-20/h3-14,16H,15H2,1-2H3,(H,26,30)(H,31,32). The van der Waals surface area contributed by atoms with Gasteiger partial charge in [-0.1, -0.05) is 24.3 Å². The Kier molecular flexibility index (Phi) is 6.23. The largest absolute Gasteiger partial charge is 0.464 e. The van der Waals surface area contributed by atoms with Crippen molar-refractivity contribution in [2.45, 2.75) is 6.92 Å². The molecule has 0 spiro atoms. The van der Waals surface area contributed by atoms with Crippen molar-refractivity contribution in [2.75, 3.05) is 28.9 Å². The van der Waals surface area contributed by atoms with Crippen molar-refractivity contribution in [3.05, 3.63) is 96.1 Å². The number of benzene rings is 2. The molecule has 2 aromatic carbocycles. The number of pyridine rings is 1. The molecule has 0 aliphatic carbocycles. The van der Waals surface area contributed by atoms with E-state index in [-0.39, 0.29) is 12.5 Å². The van der Waals surface area contributed by atoms with Gasteiger partial charge in [-0.2, -0.15) is 5.17 Å². The highest BCUT2D eigenvalue weighted by Gasteiger charge is 2.30. The monoisotopic (exact) mass is 445 g/mol. The van der Waals surface area contributed by atoms with E-state index in [9.17, 15) is 14.7 Å². The Morgan fingerprint density at radius 3 is 2.55 bits per heavy atom. The maximum atomic E-state index is 12.8. The topological polar surface area (TPSA) is 98.2 Å². The average Bonchev–Trinajstić information content (AvgIpc) is 3.25. The second kappa shape index (κ2) is 9.41. The molecule has 0 unspecified atom stereocenters. The molecule has 0 bridgehead atoms. The van der Waals surface area contributed by atoms with E-state index in [4.69, 9.17) is 4.84 Å². The molecule has 3 aromatic rings. The zero-order valence-electron chi connectivity index (χ0n) is 18.2. The molecular formula is C24H23N5O4. The molecule has 168 valence electrons. The van der Waals surface area contributed by atoms with Crippen molar-refractivity contribution >= 4 is 29.1 Å². The van der Waals surface area contributed by atoms with Crippen LogP contribution < -0.4 is 15.2 Å². The summed E-state index contributed by atoms with van der Waals surface area (Å²) < 4.78 is 0. The molecule has 33 heavy (non-hydrogen) atoms. The van der Waals surface area contributed by atoms with Crippen LogP contribution in [0.3, 0.4) is 0 Å². The number of nitrogens with zero attached hydrogens (tertiary/aromatic N) is 4. The third kappa shape index (κ3) is 4.78. The van der Waals surface area contributed by atoms with Gasteiger partial charge in [-0.3, -0.25) is 19.6 Å². The van der Waals surface area contributed by atoms with E-state index in [0.29, 0.717) is 28.3 Å². The summed E-state index contributed by atoms with van der Waals surface area (Å²) in [6, 6.07) is 19.4. The van der Waals surface area contributed by atoms with E-state index in [1.54, 1.807) is 65.9 Å². The molecule has 0 fully saturated rings. The third-order valence-electron chi connectivity index (χ3n) is 5.06. The second-order valence-corrected chi connectivity index (χ2v) is 7.31. The van der Waals surface area contributed by atoms with E-state index in [1.165, 1.54) is 17.2 Å². The van der Waals surface area contributed by atoms with Gasteiger partial charge in [0.25, 0.3) is 5.91 Å². The van der Waals surface area contributed by atoms with Crippen LogP contribution in [0.2, 0.25) is 0 Å². The zero-order chi connectivity index (χ0) is 23.4. The lowest BCUT2D eigenvalue weighted by Gasteiger charge is -2.28. The number of aryl methyl sites for hydroxylation is 1. The first-order chi connectivity index (χ1) is 16.0. The number of nitrogens with one attached hydrogen (secondary N) is 1. The number of hydroxylamine groups is 1. The Balaban J connectivity index is 1.56. The predicted octanol–water partition coefficient (Wildman–Crippen LogP) is 4.27. The fraction of sp³-hybridized carbons (Fsp3) is 0.125. The van der Waals surface area contributed by atoms with Crippen LogP contribution in [-0.2, 0) is 4.84 Å². The molecule has 1 aromatic heterocycles. The van der Waals surface area contributed by atoms with Crippen LogP contribution in [0.4, 0.5) is 21.9 Å². The Hall–Kier alpha value is -4.37. The van der Waals surface area contributed by atoms with Gasteiger partial charge in [-0.05, 0) is 49.4 Å². The van der Waals surface area contributed by atoms with Gasteiger partial charge in [0.2, 0.25) is 0 Å². The van der Waals surface area contributed by atoms with Crippen molar-refractivity contribution in [1.29, 1.82) is 0 Å². The van der Waals surface area contributed by atoms with Gasteiger partial charge in [0.05, 0.1) is 48.8 Å². The highest BCUT2D eigenvalue weighted by atomic mass is 16.7. The lowest BCUT2D eigenvalue weighted by atomic mass is 10.1. The first-order valence-corrected chi connectivity index (χ1v) is 10.2. The van der Waals surface area contributed by atoms with Crippen molar-refractivity contribution in [1.82, 2.24) is 10.2 Å². The second-order valence-electron chi connectivity index (χ2n) is 7.31. The molecule has 2 amide bonds. The zero-order valence-corrected chi connectivity index (χ0v) is 18.2. The first kappa shape index (κ1) is 21.8. The summed E-state index contributed by atoms with van der Waals surface area (Å²) in [6.07, 6.45) is 2.10. The SMILES string of the molecule is CON1C=C(N(C(=O)O)c2ccccc2)CN1c1cccc(C(=O)Nc2ccc(C)nc2)c1. The lowest BCUT2D eigenvalue weighted by molar-refractivity contribution is -0.0894. The fourth-order valence-corrected chi connectivity index (χ4v) is 3.47. The molecule has 9 nitrogen and oxygen atoms in total. The molecule has 0 saturated heterocycles. The molecule has 4 rings (SSSR count). The number of carboxylic acid groups (broad SMARTS) is 1. The minimum Gasteiger partial charge on any atom is -0.464 e. The summed E-state index contributed by atoms with van der Waals surface area (Å²) in [5.74, 6) is -0.282. The van der Waals surface area contributed by atoms with Crippen molar-refractivity contribution < 1.29 is 19.5 Å². The Morgan fingerprint density at radius 1 is 1.09 bits per heavy atom. The Morgan fingerprint density at radius 2 is 1.88 bits per heavy atom. The van der Waals surface area contributed by atoms with Crippen LogP contribution >= 0.6 is 0 Å². The summed E-state index contributed by atoms with van der Waals surface area (Å²) >= 11 is 0. The number of aromatic nitrogens is 1. The molecule has 1 aliphatic heterocycles. The Labute approximate surface area is 191 Å². The molecule has 0 atom stereocenters. The normalized spacial score (nSPS) is 13.0. The van der Waals surface area contributed by atoms with E-state index in [1.807, 2.05) is 25.1 Å². The highest BCUT2D eigenvalue weighted by molar-refractivity contribution is 6.04. The highest BCUT2D eigenvalue weighted by Crippen LogP contribution is 2.29. The number of hydrogen-bond donors (Lipinski definition) is 2. The van der Waals surface area contributed by atoms with Crippen LogP contribution in [0.1, 0.15) is 16.1 Å². The summed E-state index contributed by atoms with van der Waals surface area (Å²) in [5.41, 5.74) is 3.58. The van der Waals surface area contributed by atoms with E-state index < -0.39 is 6.09 Å². The van der Waals surface area contributed by atoms with E-state index in [0.717, 1.165) is 5.69 Å². The molecular weight excluding hydrogens is 422 g/mol. The molecule has 2 heterocycles. The van der Waals surface area contributed by atoms with Gasteiger partial charge in [-0.25, -0.2) is 9.69 Å². The number of amides is 2. The molecule has 9 heteroatoms. The van der Waals surface area contributed by atoms with Crippen LogP contribution in [0.5, 0.6) is 0 Å². The van der Waals surface area contributed by atoms with Crippen LogP contribution in [0.25, 0.3) is 0 Å². The third-order valence-corrected chi connectivity index (χ3v) is 5.06. The van der Waals surface area contributed by atoms with Gasteiger partial charge in [0.1, 0.15) is 0 Å². The number of carbonyl (C=O) groups excluding carboxylic acids is 1. The quantitative estimate of drug-likeness (QED) is 0.585. The van der Waals surface area contributed by atoms with Crippen LogP contribution in [-0.4, -0.2) is 40.9 Å². The van der Waals surface area contributed by atoms with Crippen molar-refractivity contribution in [3.63, 3.8) is 0 Å². The summed E-state index contributed by atoms with van der Waals surface area (Å²) in [4.78, 5) is 35.6. The van der Waals surface area contributed by atoms with Crippen LogP contribution in [0, 0.1) is 6.92 Å². The molecule has 2 N–H and O–H groups in total. The summed E-state index contributed by atoms with van der Waals surface area (Å²) in [5, 5.41) is 15.8. The summed E-state index contributed by atoms with van der Waals surface area (Å²) in [6.45, 7) is 2.10. The number of anilines is 3. The van der Waals surface area contributed by atoms with E-state index in [2.05, 4.69) is 10.3 Å². The van der Waals surface area contributed by atoms with Crippen molar-refractivity contribution in [2.24, 2.45) is 0 Å². The molecule has 0 radical (unpaired) electrons. The smallest absolute Gasteiger partial charge is 0.416 e. The average molecular weight is 445 g/mol. The number of hydrogen-bond acceptors (Lipinski definition) is 6. The number of carbonyl (C=O) groups is 2. The molecule has 0 saturated carbocycles. The minimum atomic E-state index is -1.11. The van der Waals surface area contributed by atoms with Crippen molar-refractivity contribution in [3.8, 4) is 0 Å². The van der Waals surface area contributed by atoms with Gasteiger partial charge in [0.15, 0.2) is 0 Å². The van der Waals surface area contributed by atoms with Gasteiger partial charge < -0.3 is 10.4 Å². The van der Waals surface area contributed by atoms with E-state index >= 15 is 0 Å². The van der Waals surface area contributed by atoms with Crippen LogP contribution in [0.15, 0.2) is 84.8 Å². The lowest BCUT2D eigenvalue weighted by Crippen LogP contribution is -2.36. The first-order valence-electron chi connectivity index (χ1n) is 10.2. The van der Waals surface area contributed by atoms with Gasteiger partial charge in [0, 0.05) is 11.3 Å². The number of hydrazine groups is 1. The minimum absolute atomic E-state index is 0.224. The van der Waals surface area contributed by atoms with Gasteiger partial charge >= 0.3 is 6.09 Å². The maximum Gasteiger partial charge on any atom is 0.416 e. The Bertz CT molecular complexity index is 1180. The number of rotatable bonds is 6. The maximum absolute atomic E-state index is 12.8.